The van der Waals surface area contributed by atoms with Crippen LogP contribution in [0.25, 0.3) is 0 Å². The van der Waals surface area contributed by atoms with Crippen LogP contribution in [-0.4, -0.2) is 39.0 Å². The molecule has 0 saturated heterocycles. The van der Waals surface area contributed by atoms with Crippen LogP contribution in [0.15, 0.2) is 35.5 Å². The van der Waals surface area contributed by atoms with Crippen LogP contribution in [0.5, 0.6) is 0 Å². The number of hydrogen-bond donors (Lipinski definition) is 2. The van der Waals surface area contributed by atoms with Crippen molar-refractivity contribution in [3.8, 4) is 0 Å². The zero-order chi connectivity index (χ0) is 17.7. The van der Waals surface area contributed by atoms with Crippen molar-refractivity contribution in [3.05, 3.63) is 46.7 Å². The summed E-state index contributed by atoms with van der Waals surface area (Å²) in [6, 6.07) is 5.26. The third-order valence-electron chi connectivity index (χ3n) is 3.46. The molecule has 0 aromatic heterocycles. The van der Waals surface area contributed by atoms with E-state index in [0.29, 0.717) is 16.8 Å². The maximum absolute atomic E-state index is 12.3. The number of hydrogen-bond acceptors (Lipinski definition) is 6. The van der Waals surface area contributed by atoms with Gasteiger partial charge >= 0.3 is 18.0 Å². The summed E-state index contributed by atoms with van der Waals surface area (Å²) in [5.74, 6) is -1.08. The maximum atomic E-state index is 12.3. The molecule has 0 radical (unpaired) electrons. The van der Waals surface area contributed by atoms with E-state index in [-0.39, 0.29) is 12.4 Å². The summed E-state index contributed by atoms with van der Waals surface area (Å²) in [7, 11) is 2.69. The van der Waals surface area contributed by atoms with E-state index in [2.05, 4.69) is 15.4 Å². The third kappa shape index (κ3) is 3.72. The third-order valence-corrected chi connectivity index (χ3v) is 3.46. The summed E-state index contributed by atoms with van der Waals surface area (Å²) in [5, 5.41) is 5.21. The van der Waals surface area contributed by atoms with Gasteiger partial charge in [0.25, 0.3) is 0 Å². The van der Waals surface area contributed by atoms with E-state index in [0.717, 1.165) is 0 Å². The van der Waals surface area contributed by atoms with Gasteiger partial charge in [0, 0.05) is 12.8 Å². The van der Waals surface area contributed by atoms with E-state index in [1.165, 1.54) is 14.2 Å². The highest BCUT2D eigenvalue weighted by molar-refractivity contribution is 5.95. The second-order valence-electron chi connectivity index (χ2n) is 5.02. The summed E-state index contributed by atoms with van der Waals surface area (Å²) in [6.07, 6.45) is 0. The molecule has 0 saturated carbocycles. The Kier molecular flexibility index (Phi) is 5.54. The Balaban J connectivity index is 2.34. The molecule has 1 heterocycles. The molecule has 1 aromatic carbocycles. The standard InChI is InChI=1S/C16H18N2O6/c1-9-12(15(20)24-8-22-2)13(18-16(21)17-9)10-4-6-11(7-5-10)14(19)23-3/h4-7,13H,8H2,1-3H3,(H2,17,18,21). The lowest BCUT2D eigenvalue weighted by molar-refractivity contribution is -0.149. The number of amides is 2. The Hall–Kier alpha value is -2.87. The molecule has 2 N–H and O–H groups in total. The number of nitrogens with one attached hydrogen (secondary N) is 2. The number of carbonyl (C=O) groups is 3. The van der Waals surface area contributed by atoms with Crippen LogP contribution in [-0.2, 0) is 19.0 Å². The minimum absolute atomic E-state index is 0.197. The summed E-state index contributed by atoms with van der Waals surface area (Å²) in [5.41, 5.74) is 1.64. The highest BCUT2D eigenvalue weighted by Crippen LogP contribution is 2.27. The largest absolute Gasteiger partial charge is 0.465 e. The first-order chi connectivity index (χ1) is 11.5. The van der Waals surface area contributed by atoms with E-state index < -0.39 is 24.0 Å². The molecule has 0 aliphatic carbocycles. The Bertz CT molecular complexity index is 680. The highest BCUT2D eigenvalue weighted by atomic mass is 16.7. The second kappa shape index (κ2) is 7.60. The molecule has 1 aliphatic heterocycles. The lowest BCUT2D eigenvalue weighted by Crippen LogP contribution is -2.45. The maximum Gasteiger partial charge on any atom is 0.340 e. The van der Waals surface area contributed by atoms with Crippen LogP contribution < -0.4 is 10.6 Å². The first-order valence-corrected chi connectivity index (χ1v) is 7.10. The Morgan fingerprint density at radius 2 is 1.79 bits per heavy atom. The van der Waals surface area contributed by atoms with Crippen molar-refractivity contribution in [2.75, 3.05) is 21.0 Å². The molecule has 2 amide bonds. The van der Waals surface area contributed by atoms with Gasteiger partial charge in [-0.15, -0.1) is 0 Å². The molecule has 0 fully saturated rings. The van der Waals surface area contributed by atoms with Gasteiger partial charge in [-0.3, -0.25) is 0 Å². The van der Waals surface area contributed by atoms with E-state index >= 15 is 0 Å². The van der Waals surface area contributed by atoms with Gasteiger partial charge in [0.2, 0.25) is 0 Å². The number of rotatable bonds is 5. The molecule has 1 atom stereocenters. The number of urea groups is 1. The smallest absolute Gasteiger partial charge is 0.340 e. The molecule has 128 valence electrons. The molecular formula is C16H18N2O6. The van der Waals surface area contributed by atoms with Crippen molar-refractivity contribution < 1.29 is 28.6 Å². The fourth-order valence-electron chi connectivity index (χ4n) is 2.33. The molecule has 1 aliphatic rings. The van der Waals surface area contributed by atoms with Gasteiger partial charge in [-0.1, -0.05) is 12.1 Å². The predicted octanol–water partition coefficient (Wildman–Crippen LogP) is 1.25. The van der Waals surface area contributed by atoms with Crippen LogP contribution >= 0.6 is 0 Å². The molecule has 0 spiro atoms. The zero-order valence-electron chi connectivity index (χ0n) is 13.5. The number of esters is 2. The molecular weight excluding hydrogens is 316 g/mol. The molecule has 2 rings (SSSR count). The van der Waals surface area contributed by atoms with Crippen molar-refractivity contribution in [1.29, 1.82) is 0 Å². The van der Waals surface area contributed by atoms with Crippen LogP contribution in [0.4, 0.5) is 4.79 Å². The monoisotopic (exact) mass is 334 g/mol. The van der Waals surface area contributed by atoms with Gasteiger partial charge in [0.05, 0.1) is 24.3 Å². The van der Waals surface area contributed by atoms with Crippen LogP contribution in [0.2, 0.25) is 0 Å². The van der Waals surface area contributed by atoms with Crippen molar-refractivity contribution in [3.63, 3.8) is 0 Å². The summed E-state index contributed by atoms with van der Waals surface area (Å²) < 4.78 is 14.4. The summed E-state index contributed by atoms with van der Waals surface area (Å²) >= 11 is 0. The summed E-state index contributed by atoms with van der Waals surface area (Å²) in [6.45, 7) is 1.41. The van der Waals surface area contributed by atoms with Crippen LogP contribution in [0, 0.1) is 0 Å². The van der Waals surface area contributed by atoms with E-state index in [1.807, 2.05) is 0 Å². The first kappa shape index (κ1) is 17.5. The Morgan fingerprint density at radius 3 is 2.38 bits per heavy atom. The minimum Gasteiger partial charge on any atom is -0.465 e. The van der Waals surface area contributed by atoms with Crippen molar-refractivity contribution in [2.24, 2.45) is 0 Å². The minimum atomic E-state index is -0.699. The second-order valence-corrected chi connectivity index (χ2v) is 5.02. The highest BCUT2D eigenvalue weighted by Gasteiger charge is 2.32. The molecule has 8 nitrogen and oxygen atoms in total. The quantitative estimate of drug-likeness (QED) is 0.620. The predicted molar refractivity (Wildman–Crippen MR) is 82.9 cm³/mol. The van der Waals surface area contributed by atoms with Gasteiger partial charge in [-0.25, -0.2) is 14.4 Å². The number of carbonyl (C=O) groups excluding carboxylic acids is 3. The van der Waals surface area contributed by atoms with Crippen LogP contribution in [0.1, 0.15) is 28.9 Å². The van der Waals surface area contributed by atoms with Gasteiger partial charge < -0.3 is 24.8 Å². The van der Waals surface area contributed by atoms with Gasteiger partial charge in [0.1, 0.15) is 0 Å². The molecule has 24 heavy (non-hydrogen) atoms. The van der Waals surface area contributed by atoms with Gasteiger partial charge in [0.15, 0.2) is 6.79 Å². The first-order valence-electron chi connectivity index (χ1n) is 7.10. The fourth-order valence-corrected chi connectivity index (χ4v) is 2.33. The number of methoxy groups -OCH3 is 2. The van der Waals surface area contributed by atoms with Gasteiger partial charge in [-0.2, -0.15) is 0 Å². The lowest BCUT2D eigenvalue weighted by atomic mass is 9.95. The van der Waals surface area contributed by atoms with Crippen molar-refractivity contribution in [2.45, 2.75) is 13.0 Å². The lowest BCUT2D eigenvalue weighted by Gasteiger charge is -2.28. The average molecular weight is 334 g/mol. The van der Waals surface area contributed by atoms with E-state index in [1.54, 1.807) is 31.2 Å². The van der Waals surface area contributed by atoms with Crippen molar-refractivity contribution >= 4 is 18.0 Å². The van der Waals surface area contributed by atoms with Gasteiger partial charge in [-0.05, 0) is 24.6 Å². The van der Waals surface area contributed by atoms with Crippen molar-refractivity contribution in [1.82, 2.24) is 10.6 Å². The average Bonchev–Trinajstić information content (AvgIpc) is 2.58. The molecule has 8 heteroatoms. The summed E-state index contributed by atoms with van der Waals surface area (Å²) in [4.78, 5) is 35.5. The van der Waals surface area contributed by atoms with E-state index in [9.17, 15) is 14.4 Å². The molecule has 0 bridgehead atoms. The normalized spacial score (nSPS) is 17.0. The topological polar surface area (TPSA) is 103 Å². The van der Waals surface area contributed by atoms with E-state index in [4.69, 9.17) is 9.47 Å². The number of benzene rings is 1. The van der Waals surface area contributed by atoms with Crippen LogP contribution in [0.3, 0.4) is 0 Å². The number of allylic oxidation sites excluding steroid dienone is 1. The Labute approximate surface area is 138 Å². The number of ether oxygens (including phenoxy) is 3. The Morgan fingerprint density at radius 1 is 1.12 bits per heavy atom. The molecule has 1 unspecified atom stereocenters. The SMILES string of the molecule is COCOC(=O)C1=C(C)NC(=O)NC1c1ccc(C(=O)OC)cc1. The zero-order valence-corrected chi connectivity index (χ0v) is 13.5. The molecule has 1 aromatic rings. The fraction of sp³-hybridized carbons (Fsp3) is 0.312.